The molecule has 0 unspecified atom stereocenters. The van der Waals surface area contributed by atoms with Crippen LogP contribution in [0.3, 0.4) is 0 Å². The average molecular weight is 126 g/mol. The van der Waals surface area contributed by atoms with Crippen LogP contribution >= 0.6 is 0 Å². The van der Waals surface area contributed by atoms with Gasteiger partial charge in [0.25, 0.3) is 0 Å². The van der Waals surface area contributed by atoms with Crippen molar-refractivity contribution in [2.24, 2.45) is 11.1 Å². The van der Waals surface area contributed by atoms with E-state index in [4.69, 9.17) is 11.0 Å². The van der Waals surface area contributed by atoms with E-state index in [2.05, 4.69) is 19.9 Å². The number of hydrogen-bond donors (Lipinski definition) is 1. The van der Waals surface area contributed by atoms with Gasteiger partial charge in [-0.05, 0) is 18.4 Å². The molecule has 0 aromatic rings. The standard InChI is InChI=1S/C7H14N2/c1-7(2,6-9)4-3-5-8/h3-4,6,9H2,1-2H3. The highest BCUT2D eigenvalue weighted by atomic mass is 14.6. The maximum Gasteiger partial charge on any atom is 0.0621 e. The highest BCUT2D eigenvalue weighted by molar-refractivity contribution is 4.77. The fourth-order valence-electron chi connectivity index (χ4n) is 0.496. The Morgan fingerprint density at radius 2 is 2.11 bits per heavy atom. The molecular weight excluding hydrogens is 112 g/mol. The minimum Gasteiger partial charge on any atom is -0.330 e. The van der Waals surface area contributed by atoms with Gasteiger partial charge in [0.05, 0.1) is 6.07 Å². The van der Waals surface area contributed by atoms with Gasteiger partial charge in [-0.15, -0.1) is 0 Å². The lowest BCUT2D eigenvalue weighted by Gasteiger charge is -2.19. The Morgan fingerprint density at radius 3 is 2.44 bits per heavy atom. The van der Waals surface area contributed by atoms with Crippen LogP contribution in [0, 0.1) is 16.7 Å². The first-order valence-electron chi connectivity index (χ1n) is 3.19. The van der Waals surface area contributed by atoms with E-state index in [9.17, 15) is 0 Å². The summed E-state index contributed by atoms with van der Waals surface area (Å²) in [6.07, 6.45) is 1.52. The van der Waals surface area contributed by atoms with Crippen molar-refractivity contribution in [2.75, 3.05) is 6.54 Å². The van der Waals surface area contributed by atoms with Gasteiger partial charge in [0.2, 0.25) is 0 Å². The van der Waals surface area contributed by atoms with Crippen molar-refractivity contribution < 1.29 is 0 Å². The predicted molar refractivity (Wildman–Crippen MR) is 37.7 cm³/mol. The summed E-state index contributed by atoms with van der Waals surface area (Å²) in [5.41, 5.74) is 5.59. The maximum absolute atomic E-state index is 8.23. The SMILES string of the molecule is CC(C)(CN)CCC#N. The topological polar surface area (TPSA) is 49.8 Å². The molecule has 0 aromatic heterocycles. The molecule has 0 atom stereocenters. The summed E-state index contributed by atoms with van der Waals surface area (Å²) >= 11 is 0. The van der Waals surface area contributed by atoms with Gasteiger partial charge >= 0.3 is 0 Å². The van der Waals surface area contributed by atoms with Gasteiger partial charge in [0.15, 0.2) is 0 Å². The zero-order valence-corrected chi connectivity index (χ0v) is 6.15. The smallest absolute Gasteiger partial charge is 0.0621 e. The lowest BCUT2D eigenvalue weighted by molar-refractivity contribution is 0.352. The third-order valence-corrected chi connectivity index (χ3v) is 1.47. The van der Waals surface area contributed by atoms with E-state index in [0.29, 0.717) is 13.0 Å². The van der Waals surface area contributed by atoms with Crippen molar-refractivity contribution in [3.63, 3.8) is 0 Å². The summed E-state index contributed by atoms with van der Waals surface area (Å²) in [6.45, 7) is 4.81. The molecular formula is C7H14N2. The van der Waals surface area contributed by atoms with E-state index >= 15 is 0 Å². The molecule has 9 heavy (non-hydrogen) atoms. The quantitative estimate of drug-likeness (QED) is 0.619. The minimum absolute atomic E-state index is 0.149. The summed E-state index contributed by atoms with van der Waals surface area (Å²) in [5.74, 6) is 0. The summed E-state index contributed by atoms with van der Waals surface area (Å²) < 4.78 is 0. The van der Waals surface area contributed by atoms with Crippen LogP contribution in [-0.2, 0) is 0 Å². The number of rotatable bonds is 3. The zero-order valence-electron chi connectivity index (χ0n) is 6.15. The van der Waals surface area contributed by atoms with Crippen molar-refractivity contribution in [1.29, 1.82) is 5.26 Å². The second kappa shape index (κ2) is 3.47. The van der Waals surface area contributed by atoms with Gasteiger partial charge < -0.3 is 5.73 Å². The fraction of sp³-hybridized carbons (Fsp3) is 0.857. The Balaban J connectivity index is 3.48. The van der Waals surface area contributed by atoms with Crippen molar-refractivity contribution in [1.82, 2.24) is 0 Å². The van der Waals surface area contributed by atoms with Gasteiger partial charge in [-0.1, -0.05) is 13.8 Å². The summed E-state index contributed by atoms with van der Waals surface area (Å²) in [4.78, 5) is 0. The molecule has 0 amide bonds. The summed E-state index contributed by atoms with van der Waals surface area (Å²) in [5, 5.41) is 8.23. The third-order valence-electron chi connectivity index (χ3n) is 1.47. The highest BCUT2D eigenvalue weighted by Crippen LogP contribution is 2.19. The molecule has 0 aliphatic rings. The molecule has 0 aromatic carbocycles. The van der Waals surface area contributed by atoms with Crippen LogP contribution in [0.1, 0.15) is 26.7 Å². The second-order valence-electron chi connectivity index (χ2n) is 3.03. The van der Waals surface area contributed by atoms with Crippen LogP contribution < -0.4 is 5.73 Å². The number of nitrogens with zero attached hydrogens (tertiary/aromatic N) is 1. The van der Waals surface area contributed by atoms with Crippen LogP contribution in [0.15, 0.2) is 0 Å². The van der Waals surface area contributed by atoms with Gasteiger partial charge in [0, 0.05) is 6.42 Å². The second-order valence-corrected chi connectivity index (χ2v) is 3.03. The molecule has 0 rings (SSSR count). The van der Waals surface area contributed by atoms with Crippen LogP contribution in [0.4, 0.5) is 0 Å². The lowest BCUT2D eigenvalue weighted by Crippen LogP contribution is -2.22. The first-order valence-corrected chi connectivity index (χ1v) is 3.19. The first-order chi connectivity index (χ1) is 4.12. The molecule has 0 aliphatic heterocycles. The largest absolute Gasteiger partial charge is 0.330 e. The molecule has 0 spiro atoms. The Bertz CT molecular complexity index is 111. The van der Waals surface area contributed by atoms with Crippen molar-refractivity contribution in [3.05, 3.63) is 0 Å². The van der Waals surface area contributed by atoms with Crippen LogP contribution in [0.5, 0.6) is 0 Å². The molecule has 52 valence electrons. The molecule has 0 bridgehead atoms. The number of nitrogens with two attached hydrogens (primary N) is 1. The normalized spacial score (nSPS) is 10.9. The van der Waals surface area contributed by atoms with Crippen molar-refractivity contribution in [3.8, 4) is 6.07 Å². The van der Waals surface area contributed by atoms with E-state index in [0.717, 1.165) is 6.42 Å². The Morgan fingerprint density at radius 1 is 1.56 bits per heavy atom. The molecule has 0 fully saturated rings. The fourth-order valence-corrected chi connectivity index (χ4v) is 0.496. The molecule has 0 heterocycles. The summed E-state index contributed by atoms with van der Waals surface area (Å²) in [7, 11) is 0. The monoisotopic (exact) mass is 126 g/mol. The van der Waals surface area contributed by atoms with Gasteiger partial charge in [-0.3, -0.25) is 0 Å². The third kappa shape index (κ3) is 3.99. The Kier molecular flexibility index (Phi) is 3.26. The number of hydrogen-bond acceptors (Lipinski definition) is 2. The Labute approximate surface area is 56.7 Å². The van der Waals surface area contributed by atoms with Crippen LogP contribution in [0.25, 0.3) is 0 Å². The van der Waals surface area contributed by atoms with Gasteiger partial charge in [-0.2, -0.15) is 5.26 Å². The predicted octanol–water partition coefficient (Wildman–Crippen LogP) is 1.28. The van der Waals surface area contributed by atoms with Gasteiger partial charge in [0.1, 0.15) is 0 Å². The maximum atomic E-state index is 8.23. The highest BCUT2D eigenvalue weighted by Gasteiger charge is 2.13. The molecule has 0 aliphatic carbocycles. The average Bonchev–Trinajstić information content (AvgIpc) is 1.84. The molecule has 2 nitrogen and oxygen atoms in total. The molecule has 2 N–H and O–H groups in total. The van der Waals surface area contributed by atoms with Crippen LogP contribution in [-0.4, -0.2) is 6.54 Å². The molecule has 0 radical (unpaired) electrons. The molecule has 0 saturated carbocycles. The van der Waals surface area contributed by atoms with Crippen LogP contribution in [0.2, 0.25) is 0 Å². The molecule has 2 heteroatoms. The van der Waals surface area contributed by atoms with E-state index in [1.54, 1.807) is 0 Å². The van der Waals surface area contributed by atoms with Crippen molar-refractivity contribution in [2.45, 2.75) is 26.7 Å². The van der Waals surface area contributed by atoms with E-state index < -0.39 is 0 Å². The summed E-state index contributed by atoms with van der Waals surface area (Å²) in [6, 6.07) is 2.10. The molecule has 0 saturated heterocycles. The van der Waals surface area contributed by atoms with E-state index in [-0.39, 0.29) is 5.41 Å². The van der Waals surface area contributed by atoms with E-state index in [1.165, 1.54) is 0 Å². The minimum atomic E-state index is 0.149. The first kappa shape index (κ1) is 8.45. The lowest BCUT2D eigenvalue weighted by atomic mass is 9.88. The van der Waals surface area contributed by atoms with Gasteiger partial charge in [-0.25, -0.2) is 0 Å². The van der Waals surface area contributed by atoms with Crippen molar-refractivity contribution >= 4 is 0 Å². The Hall–Kier alpha value is -0.550. The zero-order chi connectivity index (χ0) is 7.33. The number of nitriles is 1. The van der Waals surface area contributed by atoms with E-state index in [1.807, 2.05) is 0 Å².